The molecule has 0 saturated heterocycles. The van der Waals surface area contributed by atoms with Crippen LogP contribution in [0.25, 0.3) is 0 Å². The largest absolute Gasteiger partial charge is 0.357 e. The van der Waals surface area contributed by atoms with Crippen molar-refractivity contribution in [1.29, 1.82) is 0 Å². The molecule has 0 aliphatic heterocycles. The zero-order valence-electron chi connectivity index (χ0n) is 12.2. The fourth-order valence-electron chi connectivity index (χ4n) is 1.93. The quantitative estimate of drug-likeness (QED) is 0.767. The standard InChI is InChI=1S/C15H27N3/c1-5-7-11-18(6-2)15-14(9-8-10-16-15)12-17-13(3)4/h8-10,13,17H,5-7,11-12H2,1-4H3. The molecule has 0 saturated carbocycles. The number of pyridine rings is 1. The molecule has 1 N–H and O–H groups in total. The van der Waals surface area contributed by atoms with Crippen molar-refractivity contribution < 1.29 is 0 Å². The Kier molecular flexibility index (Phi) is 6.73. The molecule has 0 fully saturated rings. The predicted molar refractivity (Wildman–Crippen MR) is 79.0 cm³/mol. The predicted octanol–water partition coefficient (Wildman–Crippen LogP) is 3.21. The highest BCUT2D eigenvalue weighted by atomic mass is 15.2. The summed E-state index contributed by atoms with van der Waals surface area (Å²) in [6.07, 6.45) is 4.34. The van der Waals surface area contributed by atoms with E-state index in [1.807, 2.05) is 12.3 Å². The summed E-state index contributed by atoms with van der Waals surface area (Å²) in [4.78, 5) is 6.94. The summed E-state index contributed by atoms with van der Waals surface area (Å²) in [7, 11) is 0. The summed E-state index contributed by atoms with van der Waals surface area (Å²) in [5.41, 5.74) is 1.30. The fraction of sp³-hybridized carbons (Fsp3) is 0.667. The molecule has 1 aromatic heterocycles. The third kappa shape index (κ3) is 4.65. The van der Waals surface area contributed by atoms with Crippen LogP contribution in [0.1, 0.15) is 46.1 Å². The SMILES string of the molecule is CCCCN(CC)c1ncccc1CNC(C)C. The van der Waals surface area contributed by atoms with Crippen LogP contribution in [0.3, 0.4) is 0 Å². The number of rotatable bonds is 8. The molecule has 0 spiro atoms. The molecule has 0 bridgehead atoms. The van der Waals surface area contributed by atoms with Gasteiger partial charge in [-0.15, -0.1) is 0 Å². The van der Waals surface area contributed by atoms with Crippen LogP contribution in [0.2, 0.25) is 0 Å². The minimum atomic E-state index is 0.503. The van der Waals surface area contributed by atoms with Crippen molar-refractivity contribution in [1.82, 2.24) is 10.3 Å². The topological polar surface area (TPSA) is 28.2 Å². The minimum absolute atomic E-state index is 0.503. The second kappa shape index (κ2) is 8.09. The van der Waals surface area contributed by atoms with Crippen LogP contribution in [0.5, 0.6) is 0 Å². The van der Waals surface area contributed by atoms with Crippen molar-refractivity contribution >= 4 is 5.82 Å². The Balaban J connectivity index is 2.78. The van der Waals surface area contributed by atoms with E-state index in [0.717, 1.165) is 25.5 Å². The van der Waals surface area contributed by atoms with Crippen LogP contribution in [0, 0.1) is 0 Å². The number of aromatic nitrogens is 1. The Morgan fingerprint density at radius 1 is 1.33 bits per heavy atom. The summed E-state index contributed by atoms with van der Waals surface area (Å²) in [6.45, 7) is 11.8. The van der Waals surface area contributed by atoms with Gasteiger partial charge in [-0.05, 0) is 19.4 Å². The van der Waals surface area contributed by atoms with Crippen LogP contribution in [-0.2, 0) is 6.54 Å². The van der Waals surface area contributed by atoms with Crippen molar-refractivity contribution in [3.8, 4) is 0 Å². The summed E-state index contributed by atoms with van der Waals surface area (Å²) in [6, 6.07) is 4.70. The van der Waals surface area contributed by atoms with Gasteiger partial charge < -0.3 is 10.2 Å². The third-order valence-electron chi connectivity index (χ3n) is 3.03. The summed E-state index contributed by atoms with van der Waals surface area (Å²) >= 11 is 0. The average molecular weight is 249 g/mol. The third-order valence-corrected chi connectivity index (χ3v) is 3.03. The molecule has 1 heterocycles. The maximum absolute atomic E-state index is 4.57. The molecule has 0 unspecified atom stereocenters. The van der Waals surface area contributed by atoms with E-state index in [4.69, 9.17) is 0 Å². The van der Waals surface area contributed by atoms with Gasteiger partial charge in [-0.25, -0.2) is 4.98 Å². The number of nitrogens with zero attached hydrogens (tertiary/aromatic N) is 2. The molecule has 0 aliphatic rings. The highest BCUT2D eigenvalue weighted by Crippen LogP contribution is 2.17. The van der Waals surface area contributed by atoms with E-state index in [1.165, 1.54) is 18.4 Å². The van der Waals surface area contributed by atoms with Crippen molar-refractivity contribution in [2.45, 2.75) is 53.1 Å². The Morgan fingerprint density at radius 2 is 2.11 bits per heavy atom. The lowest BCUT2D eigenvalue weighted by Gasteiger charge is -2.24. The highest BCUT2D eigenvalue weighted by molar-refractivity contribution is 5.46. The molecular weight excluding hydrogens is 222 g/mol. The lowest BCUT2D eigenvalue weighted by atomic mass is 10.2. The molecule has 3 heteroatoms. The summed E-state index contributed by atoms with van der Waals surface area (Å²) in [5, 5.41) is 3.47. The van der Waals surface area contributed by atoms with Gasteiger partial charge in [0, 0.05) is 37.4 Å². The van der Waals surface area contributed by atoms with Gasteiger partial charge in [-0.2, -0.15) is 0 Å². The minimum Gasteiger partial charge on any atom is -0.357 e. The molecule has 102 valence electrons. The number of hydrogen-bond donors (Lipinski definition) is 1. The van der Waals surface area contributed by atoms with Gasteiger partial charge in [-0.3, -0.25) is 0 Å². The first-order valence-corrected chi connectivity index (χ1v) is 7.11. The smallest absolute Gasteiger partial charge is 0.132 e. The number of nitrogens with one attached hydrogen (secondary N) is 1. The molecule has 0 aliphatic carbocycles. The maximum Gasteiger partial charge on any atom is 0.132 e. The summed E-state index contributed by atoms with van der Waals surface area (Å²) in [5.74, 6) is 1.14. The number of unbranched alkanes of at least 4 members (excludes halogenated alkanes) is 1. The van der Waals surface area contributed by atoms with E-state index in [9.17, 15) is 0 Å². The van der Waals surface area contributed by atoms with Crippen LogP contribution < -0.4 is 10.2 Å². The van der Waals surface area contributed by atoms with Crippen molar-refractivity contribution in [2.24, 2.45) is 0 Å². The molecule has 0 radical (unpaired) electrons. The first kappa shape index (κ1) is 15.0. The molecule has 1 rings (SSSR count). The lowest BCUT2D eigenvalue weighted by molar-refractivity contribution is 0.586. The van der Waals surface area contributed by atoms with E-state index in [-0.39, 0.29) is 0 Å². The van der Waals surface area contributed by atoms with Crippen molar-refractivity contribution in [3.63, 3.8) is 0 Å². The second-order valence-corrected chi connectivity index (χ2v) is 4.95. The molecule has 0 aromatic carbocycles. The van der Waals surface area contributed by atoms with Gasteiger partial charge >= 0.3 is 0 Å². The number of anilines is 1. The van der Waals surface area contributed by atoms with Gasteiger partial charge in [0.1, 0.15) is 5.82 Å². The van der Waals surface area contributed by atoms with Crippen LogP contribution in [-0.4, -0.2) is 24.1 Å². The van der Waals surface area contributed by atoms with E-state index in [1.54, 1.807) is 0 Å². The monoisotopic (exact) mass is 249 g/mol. The van der Waals surface area contributed by atoms with Gasteiger partial charge in [-0.1, -0.05) is 33.3 Å². The zero-order chi connectivity index (χ0) is 13.4. The molecule has 1 aromatic rings. The fourth-order valence-corrected chi connectivity index (χ4v) is 1.93. The van der Waals surface area contributed by atoms with Gasteiger partial charge in [0.05, 0.1) is 0 Å². The molecule has 0 amide bonds. The first-order chi connectivity index (χ1) is 8.69. The van der Waals surface area contributed by atoms with E-state index in [0.29, 0.717) is 6.04 Å². The highest BCUT2D eigenvalue weighted by Gasteiger charge is 2.10. The summed E-state index contributed by atoms with van der Waals surface area (Å²) < 4.78 is 0. The lowest BCUT2D eigenvalue weighted by Crippen LogP contribution is -2.28. The Bertz CT molecular complexity index is 336. The molecule has 0 atom stereocenters. The maximum atomic E-state index is 4.57. The van der Waals surface area contributed by atoms with Crippen LogP contribution in [0.4, 0.5) is 5.82 Å². The van der Waals surface area contributed by atoms with Gasteiger partial charge in [0.15, 0.2) is 0 Å². The Hall–Kier alpha value is -1.09. The molecular formula is C15H27N3. The Labute approximate surface area is 112 Å². The second-order valence-electron chi connectivity index (χ2n) is 4.95. The van der Waals surface area contributed by atoms with E-state index in [2.05, 4.69) is 49.0 Å². The Morgan fingerprint density at radius 3 is 2.72 bits per heavy atom. The van der Waals surface area contributed by atoms with Crippen molar-refractivity contribution in [2.75, 3.05) is 18.0 Å². The van der Waals surface area contributed by atoms with Crippen LogP contribution in [0.15, 0.2) is 18.3 Å². The zero-order valence-corrected chi connectivity index (χ0v) is 12.2. The van der Waals surface area contributed by atoms with E-state index < -0.39 is 0 Å². The number of hydrogen-bond acceptors (Lipinski definition) is 3. The van der Waals surface area contributed by atoms with Crippen LogP contribution >= 0.6 is 0 Å². The first-order valence-electron chi connectivity index (χ1n) is 7.11. The van der Waals surface area contributed by atoms with Gasteiger partial charge in [0.25, 0.3) is 0 Å². The van der Waals surface area contributed by atoms with E-state index >= 15 is 0 Å². The molecule has 18 heavy (non-hydrogen) atoms. The van der Waals surface area contributed by atoms with Gasteiger partial charge in [0.2, 0.25) is 0 Å². The van der Waals surface area contributed by atoms with Crippen molar-refractivity contribution in [3.05, 3.63) is 23.9 Å². The molecule has 3 nitrogen and oxygen atoms in total. The normalized spacial score (nSPS) is 10.9. The average Bonchev–Trinajstić information content (AvgIpc) is 2.38.